The Morgan fingerprint density at radius 3 is 2.52 bits per heavy atom. The number of hydrogen-bond donors (Lipinski definition) is 0. The van der Waals surface area contributed by atoms with E-state index in [1.807, 2.05) is 13.8 Å². The van der Waals surface area contributed by atoms with Gasteiger partial charge in [-0.15, -0.1) is 0 Å². The van der Waals surface area contributed by atoms with Crippen LogP contribution in [0.5, 0.6) is 0 Å². The molecule has 2 unspecified atom stereocenters. The Balaban J connectivity index is 2.46. The van der Waals surface area contributed by atoms with Gasteiger partial charge in [-0.1, -0.05) is 36.7 Å². The molecule has 0 aromatic rings. The molecular weight excluding hydrogens is 287 g/mol. The molecule has 0 aromatic heterocycles. The summed E-state index contributed by atoms with van der Waals surface area (Å²) in [4.78, 5) is 12.1. The number of rotatable bonds is 10. The molecule has 0 saturated heterocycles. The van der Waals surface area contributed by atoms with Gasteiger partial charge < -0.3 is 9.47 Å². The van der Waals surface area contributed by atoms with Crippen molar-refractivity contribution in [3.63, 3.8) is 0 Å². The second-order valence-electron chi connectivity index (χ2n) is 5.77. The molecular formula is C16H30O4P+. The summed E-state index contributed by atoms with van der Waals surface area (Å²) in [5.74, 6) is 0.240. The highest BCUT2D eigenvalue weighted by Crippen LogP contribution is 2.33. The minimum Gasteiger partial charge on any atom is -0.466 e. The van der Waals surface area contributed by atoms with Crippen LogP contribution in [0, 0.1) is 11.8 Å². The van der Waals surface area contributed by atoms with Gasteiger partial charge in [0.1, 0.15) is 5.92 Å². The second kappa shape index (κ2) is 11.1. The third-order valence-corrected chi connectivity index (χ3v) is 5.61. The Hall–Kier alpha value is -0.470. The lowest BCUT2D eigenvalue weighted by Crippen LogP contribution is -2.24. The number of carbonyl (C=O) groups is 1. The average molecular weight is 317 g/mol. The van der Waals surface area contributed by atoms with E-state index in [4.69, 9.17) is 9.47 Å². The molecule has 5 heteroatoms. The van der Waals surface area contributed by atoms with E-state index in [1.54, 1.807) is 0 Å². The lowest BCUT2D eigenvalue weighted by atomic mass is 9.83. The molecule has 0 spiro atoms. The van der Waals surface area contributed by atoms with Crippen molar-refractivity contribution < 1.29 is 18.8 Å². The summed E-state index contributed by atoms with van der Waals surface area (Å²) in [5.41, 5.74) is 0. The van der Waals surface area contributed by atoms with E-state index in [2.05, 4.69) is 0 Å². The van der Waals surface area contributed by atoms with E-state index in [1.165, 1.54) is 32.1 Å². The maximum Gasteiger partial charge on any atom is 0.342 e. The van der Waals surface area contributed by atoms with Gasteiger partial charge in [-0.25, -0.2) is 0 Å². The Morgan fingerprint density at radius 1 is 1.19 bits per heavy atom. The minimum absolute atomic E-state index is 0.164. The van der Waals surface area contributed by atoms with Crippen molar-refractivity contribution in [2.24, 2.45) is 11.8 Å². The fourth-order valence-electron chi connectivity index (χ4n) is 2.98. The molecule has 0 amide bonds. The zero-order chi connectivity index (χ0) is 15.5. The van der Waals surface area contributed by atoms with Crippen LogP contribution in [0.2, 0.25) is 0 Å². The third-order valence-electron chi connectivity index (χ3n) is 4.08. The first-order chi connectivity index (χ1) is 10.2. The van der Waals surface area contributed by atoms with Gasteiger partial charge in [0.15, 0.2) is 12.3 Å². The molecule has 1 fully saturated rings. The Bertz CT molecular complexity index is 313. The smallest absolute Gasteiger partial charge is 0.342 e. The van der Waals surface area contributed by atoms with Crippen molar-refractivity contribution in [2.75, 3.05) is 32.1 Å². The van der Waals surface area contributed by atoms with Crippen molar-refractivity contribution in [1.82, 2.24) is 0 Å². The monoisotopic (exact) mass is 317 g/mol. The van der Waals surface area contributed by atoms with Gasteiger partial charge in [0.05, 0.1) is 13.2 Å². The molecule has 1 saturated carbocycles. The number of hydrogen-bond acceptors (Lipinski definition) is 4. The van der Waals surface area contributed by atoms with Crippen LogP contribution in [0.15, 0.2) is 0 Å². The fourth-order valence-corrected chi connectivity index (χ4v) is 4.28. The largest absolute Gasteiger partial charge is 0.466 e. The van der Waals surface area contributed by atoms with Gasteiger partial charge in [0.2, 0.25) is 0 Å². The Morgan fingerprint density at radius 2 is 1.90 bits per heavy atom. The zero-order valence-electron chi connectivity index (χ0n) is 13.5. The Kier molecular flexibility index (Phi) is 9.86. The van der Waals surface area contributed by atoms with Crippen molar-refractivity contribution >= 4 is 13.8 Å². The molecule has 0 bridgehead atoms. The second-order valence-corrected chi connectivity index (χ2v) is 7.55. The highest BCUT2D eigenvalue weighted by molar-refractivity contribution is 7.44. The van der Waals surface area contributed by atoms with Crippen LogP contribution in [0.1, 0.15) is 52.4 Å². The molecule has 2 atom stereocenters. The summed E-state index contributed by atoms with van der Waals surface area (Å²) in [6.07, 6.45) is 8.07. The first kappa shape index (κ1) is 18.6. The lowest BCUT2D eigenvalue weighted by Gasteiger charge is -2.23. The van der Waals surface area contributed by atoms with Crippen LogP contribution < -0.4 is 0 Å². The molecule has 122 valence electrons. The molecule has 0 radical (unpaired) electrons. The van der Waals surface area contributed by atoms with Crippen molar-refractivity contribution in [3.8, 4) is 0 Å². The summed E-state index contributed by atoms with van der Waals surface area (Å²) in [7, 11) is -1.38. The molecule has 1 aliphatic carbocycles. The van der Waals surface area contributed by atoms with Crippen molar-refractivity contribution in [2.45, 2.75) is 52.4 Å². The normalized spacial score (nSPS) is 18.3. The molecule has 0 aromatic carbocycles. The quantitative estimate of drug-likeness (QED) is 0.347. The van der Waals surface area contributed by atoms with E-state index in [0.29, 0.717) is 38.1 Å². The first-order valence-corrected chi connectivity index (χ1v) is 9.96. The van der Waals surface area contributed by atoms with Crippen molar-refractivity contribution in [1.29, 1.82) is 0 Å². The van der Waals surface area contributed by atoms with E-state index >= 15 is 0 Å². The Labute approximate surface area is 129 Å². The molecule has 1 aliphatic rings. The number of ether oxygens (including phenoxy) is 2. The number of esters is 1. The van der Waals surface area contributed by atoms with Crippen LogP contribution in [0.3, 0.4) is 0 Å². The van der Waals surface area contributed by atoms with Gasteiger partial charge in [-0.05, 0) is 26.2 Å². The van der Waals surface area contributed by atoms with Crippen molar-refractivity contribution in [3.05, 3.63) is 0 Å². The standard InChI is InChI=1S/C16H30O4P/c1-3-19-10-11-21(18)13-15(16(17)20-4-2)12-14-8-6-5-7-9-14/h14-15H,3-13H2,1-2H3/q+1. The van der Waals surface area contributed by atoms with Gasteiger partial charge in [0.25, 0.3) is 0 Å². The molecule has 4 nitrogen and oxygen atoms in total. The minimum atomic E-state index is -1.38. The highest BCUT2D eigenvalue weighted by Gasteiger charge is 2.32. The third kappa shape index (κ3) is 7.92. The maximum atomic E-state index is 12.1. The highest BCUT2D eigenvalue weighted by atomic mass is 31.1. The predicted molar refractivity (Wildman–Crippen MR) is 85.1 cm³/mol. The SMILES string of the molecule is CCOCC[P+](=O)CC(CC1CCCCC1)C(=O)OCC. The van der Waals surface area contributed by atoms with Crippen LogP contribution in [0.25, 0.3) is 0 Å². The van der Waals surface area contributed by atoms with Gasteiger partial charge in [-0.3, -0.25) is 4.79 Å². The summed E-state index contributed by atoms with van der Waals surface area (Å²) in [6, 6.07) is 0. The maximum absolute atomic E-state index is 12.1. The van der Waals surface area contributed by atoms with Crippen LogP contribution >= 0.6 is 7.80 Å². The van der Waals surface area contributed by atoms with Crippen LogP contribution in [0.4, 0.5) is 0 Å². The molecule has 0 aliphatic heterocycles. The molecule has 0 N–H and O–H groups in total. The van der Waals surface area contributed by atoms with E-state index in [0.717, 1.165) is 6.42 Å². The summed E-state index contributed by atoms with van der Waals surface area (Å²) >= 11 is 0. The lowest BCUT2D eigenvalue weighted by molar-refractivity contribution is -0.147. The number of carbonyl (C=O) groups excluding carboxylic acids is 1. The summed E-state index contributed by atoms with van der Waals surface area (Å²) in [6.45, 7) is 5.31. The molecule has 21 heavy (non-hydrogen) atoms. The predicted octanol–water partition coefficient (Wildman–Crippen LogP) is 4.00. The fraction of sp³-hybridized carbons (Fsp3) is 0.938. The topological polar surface area (TPSA) is 52.6 Å². The molecule has 1 rings (SSSR count). The van der Waals surface area contributed by atoms with E-state index in [-0.39, 0.29) is 11.9 Å². The summed E-state index contributed by atoms with van der Waals surface area (Å²) in [5, 5.41) is 0. The summed E-state index contributed by atoms with van der Waals surface area (Å²) < 4.78 is 22.6. The zero-order valence-corrected chi connectivity index (χ0v) is 14.4. The van der Waals surface area contributed by atoms with E-state index in [9.17, 15) is 9.36 Å². The molecule has 0 heterocycles. The van der Waals surface area contributed by atoms with Gasteiger partial charge in [0, 0.05) is 6.61 Å². The van der Waals surface area contributed by atoms with E-state index < -0.39 is 7.80 Å². The van der Waals surface area contributed by atoms with Gasteiger partial charge in [-0.2, -0.15) is 0 Å². The van der Waals surface area contributed by atoms with Crippen LogP contribution in [-0.2, 0) is 18.8 Å². The first-order valence-electron chi connectivity index (χ1n) is 8.33. The van der Waals surface area contributed by atoms with Crippen LogP contribution in [-0.4, -0.2) is 38.1 Å². The average Bonchev–Trinajstić information content (AvgIpc) is 2.48. The van der Waals surface area contributed by atoms with Gasteiger partial charge >= 0.3 is 13.8 Å².